The third-order valence-electron chi connectivity index (χ3n) is 4.46. The minimum absolute atomic E-state index is 0.593. The van der Waals surface area contributed by atoms with E-state index in [1.165, 1.54) is 5.56 Å². The second kappa shape index (κ2) is 8.80. The Balaban J connectivity index is 1.71. The molecular formula is C22H26N2O4. The highest BCUT2D eigenvalue weighted by molar-refractivity contribution is 5.54. The Kier molecular flexibility index (Phi) is 6.21. The van der Waals surface area contributed by atoms with Gasteiger partial charge in [0.05, 0.1) is 27.0 Å². The van der Waals surface area contributed by atoms with Crippen LogP contribution in [0.1, 0.15) is 16.8 Å². The van der Waals surface area contributed by atoms with Crippen molar-refractivity contribution in [1.29, 1.82) is 0 Å². The molecular weight excluding hydrogens is 356 g/mol. The van der Waals surface area contributed by atoms with Gasteiger partial charge < -0.3 is 18.6 Å². The second-order valence-corrected chi connectivity index (χ2v) is 6.72. The van der Waals surface area contributed by atoms with E-state index in [2.05, 4.69) is 28.9 Å². The van der Waals surface area contributed by atoms with Crippen LogP contribution in [0.25, 0.3) is 11.5 Å². The van der Waals surface area contributed by atoms with Crippen LogP contribution in [0.2, 0.25) is 0 Å². The summed E-state index contributed by atoms with van der Waals surface area (Å²) < 4.78 is 21.9. The molecule has 0 unspecified atom stereocenters. The molecule has 0 fully saturated rings. The first-order valence-electron chi connectivity index (χ1n) is 9.03. The summed E-state index contributed by atoms with van der Waals surface area (Å²) in [5, 5.41) is 0. The van der Waals surface area contributed by atoms with Crippen LogP contribution >= 0.6 is 0 Å². The lowest BCUT2D eigenvalue weighted by Gasteiger charge is -2.18. The fourth-order valence-corrected chi connectivity index (χ4v) is 3.08. The first-order chi connectivity index (χ1) is 13.5. The molecule has 0 aliphatic carbocycles. The molecule has 0 atom stereocenters. The van der Waals surface area contributed by atoms with E-state index >= 15 is 0 Å². The van der Waals surface area contributed by atoms with E-state index in [1.807, 2.05) is 31.3 Å². The molecule has 0 saturated heterocycles. The fraction of sp³-hybridized carbons (Fsp3) is 0.318. The molecule has 0 amide bonds. The predicted octanol–water partition coefficient (Wildman–Crippen LogP) is 4.31. The van der Waals surface area contributed by atoms with E-state index in [0.717, 1.165) is 16.8 Å². The first-order valence-corrected chi connectivity index (χ1v) is 9.03. The molecule has 148 valence electrons. The molecule has 0 radical (unpaired) electrons. The molecule has 0 aliphatic rings. The molecule has 0 bridgehead atoms. The van der Waals surface area contributed by atoms with E-state index in [-0.39, 0.29) is 0 Å². The largest absolute Gasteiger partial charge is 0.493 e. The van der Waals surface area contributed by atoms with Crippen LogP contribution < -0.4 is 14.2 Å². The zero-order valence-electron chi connectivity index (χ0n) is 17.0. The van der Waals surface area contributed by atoms with Crippen LogP contribution in [0.5, 0.6) is 17.2 Å². The molecule has 3 aromatic rings. The lowest BCUT2D eigenvalue weighted by atomic mass is 10.1. The second-order valence-electron chi connectivity index (χ2n) is 6.72. The number of hydrogen-bond donors (Lipinski definition) is 0. The van der Waals surface area contributed by atoms with Crippen molar-refractivity contribution in [2.24, 2.45) is 0 Å². The molecule has 0 aliphatic heterocycles. The minimum atomic E-state index is 0.593. The highest BCUT2D eigenvalue weighted by Crippen LogP contribution is 2.38. The Labute approximate surface area is 165 Å². The number of hydrogen-bond acceptors (Lipinski definition) is 6. The van der Waals surface area contributed by atoms with Crippen LogP contribution in [0.15, 0.2) is 47.1 Å². The SMILES string of the molecule is COc1cc(CN(C)Cc2coc(-c3ccc(C)cc3)n2)cc(OC)c1OC. The molecule has 1 aromatic heterocycles. The number of oxazole rings is 1. The summed E-state index contributed by atoms with van der Waals surface area (Å²) in [6.45, 7) is 3.42. The van der Waals surface area contributed by atoms with E-state index in [0.29, 0.717) is 36.2 Å². The molecule has 6 heteroatoms. The van der Waals surface area contributed by atoms with Crippen molar-refractivity contribution < 1.29 is 18.6 Å². The fourth-order valence-electron chi connectivity index (χ4n) is 3.08. The van der Waals surface area contributed by atoms with E-state index < -0.39 is 0 Å². The Hall–Kier alpha value is -2.99. The van der Waals surface area contributed by atoms with Crippen molar-refractivity contribution >= 4 is 0 Å². The molecule has 0 saturated carbocycles. The van der Waals surface area contributed by atoms with Gasteiger partial charge in [-0.15, -0.1) is 0 Å². The van der Waals surface area contributed by atoms with Crippen LogP contribution in [0.3, 0.4) is 0 Å². The van der Waals surface area contributed by atoms with Gasteiger partial charge in [-0.1, -0.05) is 17.7 Å². The summed E-state index contributed by atoms with van der Waals surface area (Å²) in [6.07, 6.45) is 1.71. The number of nitrogens with zero attached hydrogens (tertiary/aromatic N) is 2. The van der Waals surface area contributed by atoms with Crippen molar-refractivity contribution in [3.63, 3.8) is 0 Å². The highest BCUT2D eigenvalue weighted by atomic mass is 16.5. The van der Waals surface area contributed by atoms with Gasteiger partial charge in [-0.05, 0) is 43.8 Å². The van der Waals surface area contributed by atoms with Crippen LogP contribution in [-0.2, 0) is 13.1 Å². The van der Waals surface area contributed by atoms with Gasteiger partial charge in [-0.3, -0.25) is 4.90 Å². The van der Waals surface area contributed by atoms with Gasteiger partial charge in [0.1, 0.15) is 6.26 Å². The van der Waals surface area contributed by atoms with Gasteiger partial charge in [0, 0.05) is 18.7 Å². The van der Waals surface area contributed by atoms with Crippen molar-refractivity contribution in [3.05, 3.63) is 59.5 Å². The summed E-state index contributed by atoms with van der Waals surface area (Å²) in [5.41, 5.74) is 4.12. The summed E-state index contributed by atoms with van der Waals surface area (Å²) in [7, 11) is 6.87. The maximum Gasteiger partial charge on any atom is 0.226 e. The maximum absolute atomic E-state index is 5.65. The Morgan fingerprint density at radius 2 is 1.57 bits per heavy atom. The monoisotopic (exact) mass is 382 g/mol. The Morgan fingerprint density at radius 3 is 2.14 bits per heavy atom. The smallest absolute Gasteiger partial charge is 0.226 e. The lowest BCUT2D eigenvalue weighted by Crippen LogP contribution is -2.17. The summed E-state index contributed by atoms with van der Waals surface area (Å²) in [4.78, 5) is 6.76. The third kappa shape index (κ3) is 4.46. The molecule has 1 heterocycles. The number of rotatable bonds is 8. The zero-order valence-corrected chi connectivity index (χ0v) is 17.0. The minimum Gasteiger partial charge on any atom is -0.493 e. The molecule has 3 rings (SSSR count). The lowest BCUT2D eigenvalue weighted by molar-refractivity contribution is 0.306. The summed E-state index contributed by atoms with van der Waals surface area (Å²) >= 11 is 0. The average molecular weight is 382 g/mol. The summed E-state index contributed by atoms with van der Waals surface area (Å²) in [6, 6.07) is 12.1. The Morgan fingerprint density at radius 1 is 0.929 bits per heavy atom. The van der Waals surface area contributed by atoms with Crippen molar-refractivity contribution in [2.75, 3.05) is 28.4 Å². The van der Waals surface area contributed by atoms with Crippen molar-refractivity contribution in [2.45, 2.75) is 20.0 Å². The van der Waals surface area contributed by atoms with E-state index in [1.54, 1.807) is 27.6 Å². The van der Waals surface area contributed by atoms with Crippen molar-refractivity contribution in [1.82, 2.24) is 9.88 Å². The van der Waals surface area contributed by atoms with Crippen LogP contribution in [-0.4, -0.2) is 38.3 Å². The number of methoxy groups -OCH3 is 3. The topological polar surface area (TPSA) is 57.0 Å². The van der Waals surface area contributed by atoms with E-state index in [4.69, 9.17) is 18.6 Å². The molecule has 0 N–H and O–H groups in total. The van der Waals surface area contributed by atoms with Gasteiger partial charge in [-0.2, -0.15) is 0 Å². The maximum atomic E-state index is 5.65. The average Bonchev–Trinajstić information content (AvgIpc) is 3.15. The van der Waals surface area contributed by atoms with Crippen LogP contribution in [0.4, 0.5) is 0 Å². The normalized spacial score (nSPS) is 10.9. The van der Waals surface area contributed by atoms with Gasteiger partial charge in [0.25, 0.3) is 0 Å². The number of ether oxygens (including phenoxy) is 3. The zero-order chi connectivity index (χ0) is 20.1. The number of aryl methyl sites for hydroxylation is 1. The molecule has 0 spiro atoms. The third-order valence-corrected chi connectivity index (χ3v) is 4.46. The molecule has 2 aromatic carbocycles. The predicted molar refractivity (Wildman–Crippen MR) is 108 cm³/mol. The van der Waals surface area contributed by atoms with Crippen molar-refractivity contribution in [3.8, 4) is 28.7 Å². The van der Waals surface area contributed by atoms with Crippen LogP contribution in [0, 0.1) is 6.92 Å². The quantitative estimate of drug-likeness (QED) is 0.579. The Bertz CT molecular complexity index is 894. The standard InChI is InChI=1S/C22H26N2O4/c1-15-6-8-17(9-7-15)22-23-18(14-28-22)13-24(2)12-16-10-19(25-3)21(27-5)20(11-16)26-4/h6-11,14H,12-13H2,1-5H3. The van der Waals surface area contributed by atoms with E-state index in [9.17, 15) is 0 Å². The summed E-state index contributed by atoms with van der Waals surface area (Å²) in [5.74, 6) is 2.52. The van der Waals surface area contributed by atoms with Gasteiger partial charge in [0.2, 0.25) is 11.6 Å². The number of aromatic nitrogens is 1. The highest BCUT2D eigenvalue weighted by Gasteiger charge is 2.15. The van der Waals surface area contributed by atoms with Gasteiger partial charge in [0.15, 0.2) is 11.5 Å². The van der Waals surface area contributed by atoms with Gasteiger partial charge >= 0.3 is 0 Å². The molecule has 6 nitrogen and oxygen atoms in total. The van der Waals surface area contributed by atoms with Gasteiger partial charge in [-0.25, -0.2) is 4.98 Å². The molecule has 28 heavy (non-hydrogen) atoms. The number of benzene rings is 2. The first kappa shape index (κ1) is 19.8.